The standard InChI is InChI=1S/C15H20O3/c1-16-14-13(12-8-5-4-6-9-12)10-7-11-15(14,17-2)18-3/h4-6,8-9H,7,10-11H2,1-3H3. The molecule has 0 spiro atoms. The molecule has 0 amide bonds. The van der Waals surface area contributed by atoms with Gasteiger partial charge in [-0.2, -0.15) is 0 Å². The molecule has 0 N–H and O–H groups in total. The highest BCUT2D eigenvalue weighted by Gasteiger charge is 2.40. The number of rotatable bonds is 4. The monoisotopic (exact) mass is 248 g/mol. The van der Waals surface area contributed by atoms with Gasteiger partial charge in [0.1, 0.15) is 0 Å². The molecule has 0 aliphatic heterocycles. The fraction of sp³-hybridized carbons (Fsp3) is 0.467. The van der Waals surface area contributed by atoms with Gasteiger partial charge in [-0.15, -0.1) is 0 Å². The molecular formula is C15H20O3. The van der Waals surface area contributed by atoms with Crippen molar-refractivity contribution in [3.8, 4) is 0 Å². The molecule has 1 aliphatic carbocycles. The zero-order chi connectivity index (χ0) is 13.0. The van der Waals surface area contributed by atoms with Crippen LogP contribution in [-0.4, -0.2) is 27.1 Å². The maximum absolute atomic E-state index is 5.59. The van der Waals surface area contributed by atoms with Gasteiger partial charge in [0.25, 0.3) is 0 Å². The molecule has 0 fully saturated rings. The van der Waals surface area contributed by atoms with Crippen LogP contribution < -0.4 is 0 Å². The summed E-state index contributed by atoms with van der Waals surface area (Å²) in [5.41, 5.74) is 2.35. The third-order valence-corrected chi connectivity index (χ3v) is 3.54. The largest absolute Gasteiger partial charge is 0.495 e. The second kappa shape index (κ2) is 5.55. The van der Waals surface area contributed by atoms with Gasteiger partial charge in [0.05, 0.1) is 7.11 Å². The summed E-state index contributed by atoms with van der Waals surface area (Å²) >= 11 is 0. The quantitative estimate of drug-likeness (QED) is 0.766. The lowest BCUT2D eigenvalue weighted by Gasteiger charge is -2.37. The van der Waals surface area contributed by atoms with Crippen molar-refractivity contribution in [1.82, 2.24) is 0 Å². The van der Waals surface area contributed by atoms with Crippen LogP contribution >= 0.6 is 0 Å². The smallest absolute Gasteiger partial charge is 0.227 e. The van der Waals surface area contributed by atoms with E-state index < -0.39 is 5.79 Å². The van der Waals surface area contributed by atoms with Crippen LogP contribution in [0.15, 0.2) is 36.1 Å². The van der Waals surface area contributed by atoms with Crippen LogP contribution in [0.5, 0.6) is 0 Å². The summed E-state index contributed by atoms with van der Waals surface area (Å²) in [4.78, 5) is 0. The second-order valence-electron chi connectivity index (χ2n) is 4.39. The normalized spacial score (nSPS) is 18.8. The van der Waals surface area contributed by atoms with Crippen molar-refractivity contribution in [2.75, 3.05) is 21.3 Å². The summed E-state index contributed by atoms with van der Waals surface area (Å²) in [6.45, 7) is 0. The van der Waals surface area contributed by atoms with E-state index in [0.29, 0.717) is 0 Å². The Hall–Kier alpha value is -1.32. The second-order valence-corrected chi connectivity index (χ2v) is 4.39. The molecule has 2 rings (SSSR count). The highest BCUT2D eigenvalue weighted by molar-refractivity contribution is 5.69. The van der Waals surface area contributed by atoms with Crippen LogP contribution in [0.4, 0.5) is 0 Å². The van der Waals surface area contributed by atoms with Gasteiger partial charge in [0, 0.05) is 26.2 Å². The van der Waals surface area contributed by atoms with Crippen LogP contribution in [0.1, 0.15) is 24.8 Å². The summed E-state index contributed by atoms with van der Waals surface area (Å²) in [6, 6.07) is 10.3. The van der Waals surface area contributed by atoms with Crippen molar-refractivity contribution in [1.29, 1.82) is 0 Å². The van der Waals surface area contributed by atoms with E-state index in [0.717, 1.165) is 25.0 Å². The molecule has 0 radical (unpaired) electrons. The van der Waals surface area contributed by atoms with Crippen molar-refractivity contribution in [2.45, 2.75) is 25.0 Å². The van der Waals surface area contributed by atoms with Crippen LogP contribution in [-0.2, 0) is 14.2 Å². The third-order valence-electron chi connectivity index (χ3n) is 3.54. The van der Waals surface area contributed by atoms with Crippen LogP contribution in [0.25, 0.3) is 5.57 Å². The molecular weight excluding hydrogens is 228 g/mol. The van der Waals surface area contributed by atoms with E-state index in [4.69, 9.17) is 14.2 Å². The molecule has 0 saturated heterocycles. The Labute approximate surface area is 108 Å². The van der Waals surface area contributed by atoms with Gasteiger partial charge in [0.15, 0.2) is 5.76 Å². The average molecular weight is 248 g/mol. The Kier molecular flexibility index (Phi) is 4.04. The van der Waals surface area contributed by atoms with Crippen molar-refractivity contribution in [2.24, 2.45) is 0 Å². The molecule has 0 saturated carbocycles. The summed E-state index contributed by atoms with van der Waals surface area (Å²) in [5, 5.41) is 0. The SMILES string of the molecule is COC1=C(c2ccccc2)CCCC1(OC)OC. The molecule has 0 bridgehead atoms. The fourth-order valence-electron chi connectivity index (χ4n) is 2.62. The summed E-state index contributed by atoms with van der Waals surface area (Å²) < 4.78 is 16.7. The number of hydrogen-bond donors (Lipinski definition) is 0. The predicted octanol–water partition coefficient (Wildman–Crippen LogP) is 3.22. The minimum atomic E-state index is -0.738. The maximum atomic E-state index is 5.59. The van der Waals surface area contributed by atoms with E-state index in [1.807, 2.05) is 18.2 Å². The topological polar surface area (TPSA) is 27.7 Å². The molecule has 98 valence electrons. The maximum Gasteiger partial charge on any atom is 0.227 e. The van der Waals surface area contributed by atoms with Gasteiger partial charge in [0.2, 0.25) is 5.79 Å². The first-order valence-corrected chi connectivity index (χ1v) is 6.20. The Morgan fingerprint density at radius 2 is 1.67 bits per heavy atom. The van der Waals surface area contributed by atoms with Gasteiger partial charge < -0.3 is 14.2 Å². The summed E-state index contributed by atoms with van der Waals surface area (Å²) in [7, 11) is 5.00. The number of ether oxygens (including phenoxy) is 3. The predicted molar refractivity (Wildman–Crippen MR) is 71.0 cm³/mol. The van der Waals surface area contributed by atoms with E-state index in [-0.39, 0.29) is 0 Å². The molecule has 0 heterocycles. The molecule has 3 nitrogen and oxygen atoms in total. The zero-order valence-corrected chi connectivity index (χ0v) is 11.2. The number of methoxy groups -OCH3 is 3. The van der Waals surface area contributed by atoms with Crippen molar-refractivity contribution in [3.05, 3.63) is 41.7 Å². The number of hydrogen-bond acceptors (Lipinski definition) is 3. The van der Waals surface area contributed by atoms with Crippen LogP contribution in [0.3, 0.4) is 0 Å². The Morgan fingerprint density at radius 3 is 2.22 bits per heavy atom. The zero-order valence-electron chi connectivity index (χ0n) is 11.2. The lowest BCUT2D eigenvalue weighted by molar-refractivity contribution is -0.206. The summed E-state index contributed by atoms with van der Waals surface area (Å²) in [6.07, 6.45) is 2.83. The first-order chi connectivity index (χ1) is 8.77. The van der Waals surface area contributed by atoms with Gasteiger partial charge >= 0.3 is 0 Å². The molecule has 1 aromatic rings. The minimum Gasteiger partial charge on any atom is -0.495 e. The lowest BCUT2D eigenvalue weighted by Crippen LogP contribution is -2.39. The van der Waals surface area contributed by atoms with E-state index in [9.17, 15) is 0 Å². The first kappa shape index (κ1) is 13.1. The van der Waals surface area contributed by atoms with E-state index in [2.05, 4.69) is 12.1 Å². The lowest BCUT2D eigenvalue weighted by atomic mass is 9.88. The van der Waals surface area contributed by atoms with E-state index >= 15 is 0 Å². The highest BCUT2D eigenvalue weighted by atomic mass is 16.7. The van der Waals surface area contributed by atoms with Crippen molar-refractivity contribution < 1.29 is 14.2 Å². The molecule has 1 aromatic carbocycles. The molecule has 3 heteroatoms. The molecule has 1 aliphatic rings. The molecule has 0 atom stereocenters. The molecule has 0 aromatic heterocycles. The van der Waals surface area contributed by atoms with Crippen molar-refractivity contribution in [3.63, 3.8) is 0 Å². The highest BCUT2D eigenvalue weighted by Crippen LogP contribution is 2.41. The average Bonchev–Trinajstić information content (AvgIpc) is 2.47. The molecule has 18 heavy (non-hydrogen) atoms. The van der Waals surface area contributed by atoms with Gasteiger partial charge in [-0.3, -0.25) is 0 Å². The minimum absolute atomic E-state index is 0.738. The Bertz CT molecular complexity index is 419. The van der Waals surface area contributed by atoms with Crippen LogP contribution in [0, 0.1) is 0 Å². The van der Waals surface area contributed by atoms with Gasteiger partial charge in [-0.25, -0.2) is 0 Å². The summed E-state index contributed by atoms with van der Waals surface area (Å²) in [5.74, 6) is 0.0583. The first-order valence-electron chi connectivity index (χ1n) is 6.20. The fourth-order valence-corrected chi connectivity index (χ4v) is 2.62. The van der Waals surface area contributed by atoms with Crippen molar-refractivity contribution >= 4 is 5.57 Å². The van der Waals surface area contributed by atoms with Gasteiger partial charge in [-0.05, 0) is 18.4 Å². The Morgan fingerprint density at radius 1 is 1.00 bits per heavy atom. The van der Waals surface area contributed by atoms with E-state index in [1.54, 1.807) is 21.3 Å². The van der Waals surface area contributed by atoms with Crippen LogP contribution in [0.2, 0.25) is 0 Å². The molecule has 0 unspecified atom stereocenters. The van der Waals surface area contributed by atoms with Gasteiger partial charge in [-0.1, -0.05) is 30.3 Å². The number of benzene rings is 1. The Balaban J connectivity index is 2.51. The number of allylic oxidation sites excluding steroid dienone is 1. The van der Waals surface area contributed by atoms with E-state index in [1.165, 1.54) is 11.1 Å². The third kappa shape index (κ3) is 2.16.